The van der Waals surface area contributed by atoms with E-state index in [1.54, 1.807) is 4.68 Å². The second-order valence-electron chi connectivity index (χ2n) is 4.37. The molecular formula is C10H16BrN3O. The van der Waals surface area contributed by atoms with Crippen LogP contribution in [0.25, 0.3) is 0 Å². The van der Waals surface area contributed by atoms with Gasteiger partial charge in [0, 0.05) is 12.5 Å². The average Bonchev–Trinajstić information content (AvgIpc) is 2.96. The molecule has 0 unspecified atom stereocenters. The summed E-state index contributed by atoms with van der Waals surface area (Å²) < 4.78 is 2.42. The van der Waals surface area contributed by atoms with Crippen LogP contribution in [0.3, 0.4) is 0 Å². The van der Waals surface area contributed by atoms with Crippen LogP contribution in [-0.4, -0.2) is 35.3 Å². The highest BCUT2D eigenvalue weighted by Crippen LogP contribution is 2.41. The topological polar surface area (TPSA) is 41.0 Å². The van der Waals surface area contributed by atoms with Gasteiger partial charge in [-0.05, 0) is 42.9 Å². The molecule has 0 bridgehead atoms. The van der Waals surface area contributed by atoms with Gasteiger partial charge in [0.15, 0.2) is 0 Å². The van der Waals surface area contributed by atoms with E-state index in [4.69, 9.17) is 0 Å². The van der Waals surface area contributed by atoms with E-state index in [0.29, 0.717) is 5.92 Å². The van der Waals surface area contributed by atoms with Crippen LogP contribution >= 0.6 is 15.9 Å². The second-order valence-corrected chi connectivity index (χ2v) is 5.17. The van der Waals surface area contributed by atoms with Gasteiger partial charge in [-0.3, -0.25) is 14.6 Å². The molecule has 1 fully saturated rings. The third-order valence-electron chi connectivity index (χ3n) is 2.68. The molecule has 1 aliphatic carbocycles. The van der Waals surface area contributed by atoms with E-state index in [-0.39, 0.29) is 5.56 Å². The molecule has 4 nitrogen and oxygen atoms in total. The van der Waals surface area contributed by atoms with Crippen molar-refractivity contribution in [1.82, 2.24) is 14.7 Å². The highest BCUT2D eigenvalue weighted by Gasteiger charge is 2.29. The molecular weight excluding hydrogens is 258 g/mol. The normalized spacial score (nSPS) is 16.3. The van der Waals surface area contributed by atoms with Gasteiger partial charge in [0.2, 0.25) is 0 Å². The maximum Gasteiger partial charge on any atom is 0.281 e. The van der Waals surface area contributed by atoms with E-state index in [1.807, 2.05) is 14.1 Å². The lowest BCUT2D eigenvalue weighted by Crippen LogP contribution is -2.25. The van der Waals surface area contributed by atoms with Gasteiger partial charge in [0.05, 0.1) is 12.2 Å². The van der Waals surface area contributed by atoms with Gasteiger partial charge in [-0.1, -0.05) is 0 Å². The number of likely N-dealkylation sites (N-methyl/N-ethyl adjacent to an activating group) is 1. The predicted octanol–water partition coefficient (Wildman–Crippen LogP) is 1.38. The Hall–Kier alpha value is -0.550. The molecule has 1 heterocycles. The number of rotatable bonds is 4. The van der Waals surface area contributed by atoms with Crippen molar-refractivity contribution in [3.8, 4) is 0 Å². The summed E-state index contributed by atoms with van der Waals surface area (Å²) in [5.74, 6) is 0.577. The highest BCUT2D eigenvalue weighted by molar-refractivity contribution is 9.10. The fourth-order valence-electron chi connectivity index (χ4n) is 1.58. The lowest BCUT2D eigenvalue weighted by atomic mass is 10.3. The van der Waals surface area contributed by atoms with Gasteiger partial charge in [-0.15, -0.1) is 0 Å². The van der Waals surface area contributed by atoms with E-state index in [9.17, 15) is 4.79 Å². The van der Waals surface area contributed by atoms with Crippen molar-refractivity contribution in [3.05, 3.63) is 20.5 Å². The average molecular weight is 274 g/mol. The third kappa shape index (κ3) is 2.34. The maximum atomic E-state index is 11.8. The summed E-state index contributed by atoms with van der Waals surface area (Å²) in [5.41, 5.74) is 1.15. The molecule has 5 heteroatoms. The van der Waals surface area contributed by atoms with Crippen LogP contribution < -0.4 is 5.56 Å². The molecule has 2 rings (SSSR count). The van der Waals surface area contributed by atoms with E-state index in [1.165, 1.54) is 12.8 Å². The Kier molecular flexibility index (Phi) is 3.02. The number of nitrogens with zero attached hydrogens (tertiary/aromatic N) is 2. The molecule has 0 aromatic carbocycles. The van der Waals surface area contributed by atoms with Crippen LogP contribution in [0.15, 0.2) is 9.27 Å². The van der Waals surface area contributed by atoms with Crippen LogP contribution in [0, 0.1) is 0 Å². The number of hydrogen-bond donors (Lipinski definition) is 1. The lowest BCUT2D eigenvalue weighted by Gasteiger charge is -2.08. The molecule has 0 atom stereocenters. The smallest absolute Gasteiger partial charge is 0.281 e. The number of H-pyrrole nitrogens is 1. The molecule has 0 aliphatic heterocycles. The van der Waals surface area contributed by atoms with E-state index in [0.717, 1.165) is 23.3 Å². The van der Waals surface area contributed by atoms with Crippen molar-refractivity contribution in [3.63, 3.8) is 0 Å². The summed E-state index contributed by atoms with van der Waals surface area (Å²) in [7, 11) is 4.01. The van der Waals surface area contributed by atoms with Gasteiger partial charge < -0.3 is 4.90 Å². The van der Waals surface area contributed by atoms with Crippen molar-refractivity contribution >= 4 is 15.9 Å². The molecule has 1 aromatic heterocycles. The summed E-state index contributed by atoms with van der Waals surface area (Å²) >= 11 is 3.37. The Morgan fingerprint density at radius 2 is 2.20 bits per heavy atom. The van der Waals surface area contributed by atoms with Crippen molar-refractivity contribution in [1.29, 1.82) is 0 Å². The van der Waals surface area contributed by atoms with Crippen LogP contribution in [0.1, 0.15) is 24.5 Å². The summed E-state index contributed by atoms with van der Waals surface area (Å²) in [5, 5.41) is 3.20. The zero-order valence-electron chi connectivity index (χ0n) is 9.09. The molecule has 0 radical (unpaired) electrons. The Morgan fingerprint density at radius 3 is 2.73 bits per heavy atom. The minimum atomic E-state index is 0.0683. The number of hydrogen-bond acceptors (Lipinski definition) is 2. The van der Waals surface area contributed by atoms with Crippen molar-refractivity contribution in [2.75, 3.05) is 20.6 Å². The van der Waals surface area contributed by atoms with Gasteiger partial charge >= 0.3 is 0 Å². The fourth-order valence-corrected chi connectivity index (χ4v) is 2.21. The van der Waals surface area contributed by atoms with E-state index < -0.39 is 0 Å². The molecule has 84 valence electrons. The van der Waals surface area contributed by atoms with Crippen LogP contribution in [0.2, 0.25) is 0 Å². The third-order valence-corrected chi connectivity index (χ3v) is 3.45. The Morgan fingerprint density at radius 1 is 1.53 bits per heavy atom. The van der Waals surface area contributed by atoms with Gasteiger partial charge in [-0.25, -0.2) is 0 Å². The van der Waals surface area contributed by atoms with Gasteiger partial charge in [0.1, 0.15) is 4.47 Å². The summed E-state index contributed by atoms with van der Waals surface area (Å²) in [4.78, 5) is 13.9. The van der Waals surface area contributed by atoms with E-state index >= 15 is 0 Å². The van der Waals surface area contributed by atoms with Crippen molar-refractivity contribution in [2.45, 2.75) is 25.3 Å². The summed E-state index contributed by atoms with van der Waals surface area (Å²) in [6.45, 7) is 1.59. The first-order valence-electron chi connectivity index (χ1n) is 5.22. The molecule has 0 saturated heterocycles. The predicted molar refractivity (Wildman–Crippen MR) is 63.3 cm³/mol. The molecule has 0 spiro atoms. The van der Waals surface area contributed by atoms with Crippen molar-refractivity contribution < 1.29 is 0 Å². The Bertz CT molecular complexity index is 403. The zero-order valence-corrected chi connectivity index (χ0v) is 10.7. The number of aromatic nitrogens is 2. The molecule has 1 aromatic rings. The maximum absolute atomic E-state index is 11.8. The fraction of sp³-hybridized carbons (Fsp3) is 0.700. The van der Waals surface area contributed by atoms with Crippen LogP contribution in [0.5, 0.6) is 0 Å². The number of nitrogens with one attached hydrogen (secondary N) is 1. The molecule has 1 N–H and O–H groups in total. The van der Waals surface area contributed by atoms with Gasteiger partial charge in [-0.2, -0.15) is 0 Å². The number of aromatic amines is 1. The molecule has 1 aliphatic rings. The monoisotopic (exact) mass is 273 g/mol. The standard InChI is InChI=1S/C10H16BrN3O/c1-13(2)5-6-14-10(15)8(11)9(12-14)7-3-4-7/h7,12H,3-6H2,1-2H3. The molecule has 1 saturated carbocycles. The first-order valence-corrected chi connectivity index (χ1v) is 6.02. The van der Waals surface area contributed by atoms with Crippen LogP contribution in [-0.2, 0) is 6.54 Å². The second kappa shape index (κ2) is 4.14. The molecule has 15 heavy (non-hydrogen) atoms. The lowest BCUT2D eigenvalue weighted by molar-refractivity contribution is 0.369. The minimum Gasteiger partial charge on any atom is -0.308 e. The van der Waals surface area contributed by atoms with Crippen molar-refractivity contribution in [2.24, 2.45) is 0 Å². The first-order chi connectivity index (χ1) is 7.09. The SMILES string of the molecule is CN(C)CCn1[nH]c(C2CC2)c(Br)c1=O. The summed E-state index contributed by atoms with van der Waals surface area (Å²) in [6, 6.07) is 0. The molecule has 0 amide bonds. The Balaban J connectivity index is 2.17. The highest BCUT2D eigenvalue weighted by atomic mass is 79.9. The Labute approximate surface area is 97.4 Å². The first kappa shape index (κ1) is 11.0. The number of halogens is 1. The quantitative estimate of drug-likeness (QED) is 0.901. The van der Waals surface area contributed by atoms with Crippen LogP contribution in [0.4, 0.5) is 0 Å². The zero-order chi connectivity index (χ0) is 11.0. The van der Waals surface area contributed by atoms with E-state index in [2.05, 4.69) is 25.9 Å². The van der Waals surface area contributed by atoms with Gasteiger partial charge in [0.25, 0.3) is 5.56 Å². The minimum absolute atomic E-state index is 0.0683. The summed E-state index contributed by atoms with van der Waals surface area (Å²) in [6.07, 6.45) is 2.40. The largest absolute Gasteiger partial charge is 0.308 e.